The van der Waals surface area contributed by atoms with E-state index in [2.05, 4.69) is 36.5 Å². The van der Waals surface area contributed by atoms with Crippen molar-refractivity contribution in [1.82, 2.24) is 14.9 Å². The Bertz CT molecular complexity index is 302. The van der Waals surface area contributed by atoms with Gasteiger partial charge in [0.1, 0.15) is 4.60 Å². The molecule has 1 aromatic heterocycles. The van der Waals surface area contributed by atoms with Crippen LogP contribution < -0.4 is 10.6 Å². The maximum atomic E-state index is 4.23. The van der Waals surface area contributed by atoms with Crippen molar-refractivity contribution in [2.24, 2.45) is 0 Å². The molecule has 0 bridgehead atoms. The van der Waals surface area contributed by atoms with Gasteiger partial charge in [-0.15, -0.1) is 0 Å². The van der Waals surface area contributed by atoms with Crippen LogP contribution in [0.1, 0.15) is 0 Å². The minimum absolute atomic E-state index is 0.720. The van der Waals surface area contributed by atoms with Gasteiger partial charge in [0, 0.05) is 7.05 Å². The Morgan fingerprint density at radius 3 is 2.71 bits per heavy atom. The van der Waals surface area contributed by atoms with Gasteiger partial charge in [-0.05, 0) is 30.0 Å². The summed E-state index contributed by atoms with van der Waals surface area (Å²) in [5.74, 6) is 1.49. The molecule has 0 saturated heterocycles. The quantitative estimate of drug-likeness (QED) is 0.797. The molecular weight excluding hydrogens is 246 g/mol. The normalized spacial score (nSPS) is 10.4. The molecule has 0 aromatic carbocycles. The Labute approximate surface area is 92.1 Å². The first-order chi connectivity index (χ1) is 6.63. The maximum Gasteiger partial charge on any atom is 0.170 e. The minimum atomic E-state index is 0.720. The Morgan fingerprint density at radius 1 is 1.43 bits per heavy atom. The van der Waals surface area contributed by atoms with Crippen LogP contribution >= 0.6 is 15.9 Å². The van der Waals surface area contributed by atoms with Crippen LogP contribution in [0.25, 0.3) is 0 Å². The molecular formula is C8H14BrN5. The first-order valence-electron chi connectivity index (χ1n) is 4.22. The van der Waals surface area contributed by atoms with Crippen LogP contribution in [0.2, 0.25) is 0 Å². The summed E-state index contributed by atoms with van der Waals surface area (Å²) in [5, 5.41) is 6.14. The van der Waals surface area contributed by atoms with Gasteiger partial charge < -0.3 is 10.6 Å². The lowest BCUT2D eigenvalue weighted by Gasteiger charge is -2.13. The molecule has 0 unspecified atom stereocenters. The third kappa shape index (κ3) is 3.12. The number of rotatable bonds is 4. The van der Waals surface area contributed by atoms with Crippen molar-refractivity contribution in [2.45, 2.75) is 0 Å². The Balaban J connectivity index is 2.75. The topological polar surface area (TPSA) is 53.1 Å². The molecule has 2 N–H and O–H groups in total. The highest BCUT2D eigenvalue weighted by atomic mass is 79.9. The second-order valence-electron chi connectivity index (χ2n) is 3.05. The van der Waals surface area contributed by atoms with E-state index in [1.54, 1.807) is 6.20 Å². The average Bonchev–Trinajstić information content (AvgIpc) is 2.15. The zero-order valence-electron chi connectivity index (χ0n) is 8.50. The SMILES string of the molecule is CNc1nc(Br)cnc1NCN(C)C. The predicted octanol–water partition coefficient (Wildman–Crippen LogP) is 1.21. The van der Waals surface area contributed by atoms with Gasteiger partial charge in [-0.25, -0.2) is 9.97 Å². The van der Waals surface area contributed by atoms with E-state index in [9.17, 15) is 0 Å². The smallest absolute Gasteiger partial charge is 0.170 e. The van der Waals surface area contributed by atoms with Gasteiger partial charge in [0.15, 0.2) is 11.6 Å². The molecule has 0 aliphatic rings. The molecule has 0 aliphatic carbocycles. The number of nitrogens with zero attached hydrogens (tertiary/aromatic N) is 3. The summed E-state index contributed by atoms with van der Waals surface area (Å²) in [5.41, 5.74) is 0. The number of hydrogen-bond acceptors (Lipinski definition) is 5. The highest BCUT2D eigenvalue weighted by Gasteiger charge is 2.04. The van der Waals surface area contributed by atoms with E-state index in [1.165, 1.54) is 0 Å². The van der Waals surface area contributed by atoms with Crippen LogP contribution in [0.15, 0.2) is 10.8 Å². The number of hydrogen-bond donors (Lipinski definition) is 2. The van der Waals surface area contributed by atoms with E-state index >= 15 is 0 Å². The van der Waals surface area contributed by atoms with E-state index in [1.807, 2.05) is 26.0 Å². The minimum Gasteiger partial charge on any atom is -0.370 e. The lowest BCUT2D eigenvalue weighted by atomic mass is 10.5. The first-order valence-corrected chi connectivity index (χ1v) is 5.01. The van der Waals surface area contributed by atoms with Crippen molar-refractivity contribution in [2.75, 3.05) is 38.4 Å². The zero-order valence-corrected chi connectivity index (χ0v) is 10.1. The summed E-state index contributed by atoms with van der Waals surface area (Å²) in [6.45, 7) is 0.727. The molecule has 1 rings (SSSR count). The van der Waals surface area contributed by atoms with Crippen LogP contribution in [-0.4, -0.2) is 42.7 Å². The van der Waals surface area contributed by atoms with E-state index in [4.69, 9.17) is 0 Å². The average molecular weight is 260 g/mol. The molecule has 0 amide bonds. The highest BCUT2D eigenvalue weighted by molar-refractivity contribution is 9.10. The number of aromatic nitrogens is 2. The molecule has 6 heteroatoms. The van der Waals surface area contributed by atoms with Gasteiger partial charge in [-0.3, -0.25) is 4.90 Å². The molecule has 1 heterocycles. The summed E-state index contributed by atoms with van der Waals surface area (Å²) in [6, 6.07) is 0. The van der Waals surface area contributed by atoms with E-state index in [0.29, 0.717) is 0 Å². The lowest BCUT2D eigenvalue weighted by molar-refractivity contribution is 0.439. The largest absolute Gasteiger partial charge is 0.370 e. The molecule has 0 atom stereocenters. The predicted molar refractivity (Wildman–Crippen MR) is 61.5 cm³/mol. The second kappa shape index (κ2) is 5.11. The van der Waals surface area contributed by atoms with E-state index < -0.39 is 0 Å². The monoisotopic (exact) mass is 259 g/mol. The fourth-order valence-corrected chi connectivity index (χ4v) is 1.18. The summed E-state index contributed by atoms with van der Waals surface area (Å²) >= 11 is 3.27. The van der Waals surface area contributed by atoms with Gasteiger partial charge in [-0.2, -0.15) is 0 Å². The highest BCUT2D eigenvalue weighted by Crippen LogP contribution is 2.17. The Hall–Kier alpha value is -0.880. The second-order valence-corrected chi connectivity index (χ2v) is 3.87. The number of halogens is 1. The molecule has 0 spiro atoms. The van der Waals surface area contributed by atoms with Crippen LogP contribution in [0.4, 0.5) is 11.6 Å². The van der Waals surface area contributed by atoms with Crippen molar-refractivity contribution < 1.29 is 0 Å². The van der Waals surface area contributed by atoms with Crippen molar-refractivity contribution in [1.29, 1.82) is 0 Å². The van der Waals surface area contributed by atoms with Crippen molar-refractivity contribution in [3.63, 3.8) is 0 Å². The molecule has 78 valence electrons. The molecule has 0 radical (unpaired) electrons. The molecule has 0 fully saturated rings. The fraction of sp³-hybridized carbons (Fsp3) is 0.500. The zero-order chi connectivity index (χ0) is 10.6. The standard InChI is InChI=1S/C8H14BrN5/c1-10-7-8(12-5-14(2)3)11-4-6(9)13-7/h4H,5H2,1-3H3,(H,10,13)(H,11,12). The molecule has 0 aliphatic heterocycles. The van der Waals surface area contributed by atoms with Gasteiger partial charge in [0.05, 0.1) is 12.9 Å². The Kier molecular flexibility index (Phi) is 4.09. The van der Waals surface area contributed by atoms with Crippen LogP contribution in [0.5, 0.6) is 0 Å². The summed E-state index contributed by atoms with van der Waals surface area (Å²) < 4.78 is 0.720. The molecule has 5 nitrogen and oxygen atoms in total. The Morgan fingerprint density at radius 2 is 2.14 bits per heavy atom. The third-order valence-electron chi connectivity index (χ3n) is 1.54. The molecule has 14 heavy (non-hydrogen) atoms. The fourth-order valence-electron chi connectivity index (χ4n) is 0.904. The van der Waals surface area contributed by atoms with Gasteiger partial charge in [0.25, 0.3) is 0 Å². The van der Waals surface area contributed by atoms with Crippen LogP contribution in [0.3, 0.4) is 0 Å². The summed E-state index contributed by atoms with van der Waals surface area (Å²) in [7, 11) is 5.79. The van der Waals surface area contributed by atoms with Crippen molar-refractivity contribution in [3.05, 3.63) is 10.8 Å². The van der Waals surface area contributed by atoms with Gasteiger partial charge in [-0.1, -0.05) is 0 Å². The van der Waals surface area contributed by atoms with Crippen molar-refractivity contribution in [3.8, 4) is 0 Å². The van der Waals surface area contributed by atoms with E-state index in [-0.39, 0.29) is 0 Å². The van der Waals surface area contributed by atoms with E-state index in [0.717, 1.165) is 22.9 Å². The van der Waals surface area contributed by atoms with Gasteiger partial charge >= 0.3 is 0 Å². The number of anilines is 2. The molecule has 1 aromatic rings. The van der Waals surface area contributed by atoms with Gasteiger partial charge in [0.2, 0.25) is 0 Å². The maximum absolute atomic E-state index is 4.23. The summed E-state index contributed by atoms with van der Waals surface area (Å²) in [6.07, 6.45) is 1.67. The van der Waals surface area contributed by atoms with Crippen LogP contribution in [-0.2, 0) is 0 Å². The lowest BCUT2D eigenvalue weighted by Crippen LogP contribution is -2.21. The number of nitrogens with one attached hydrogen (secondary N) is 2. The van der Waals surface area contributed by atoms with Crippen LogP contribution in [0, 0.1) is 0 Å². The first kappa shape index (κ1) is 11.2. The molecule has 0 saturated carbocycles. The summed E-state index contributed by atoms with van der Waals surface area (Å²) in [4.78, 5) is 10.5. The van der Waals surface area contributed by atoms with Crippen molar-refractivity contribution >= 4 is 27.6 Å². The third-order valence-corrected chi connectivity index (χ3v) is 1.92.